The number of aryl methyl sites for hydroxylation is 1. The zero-order valence-electron chi connectivity index (χ0n) is 15.3. The number of nitrogens with zero attached hydrogens (tertiary/aromatic N) is 5. The molecule has 0 bridgehead atoms. The van der Waals surface area contributed by atoms with E-state index < -0.39 is 0 Å². The highest BCUT2D eigenvalue weighted by Gasteiger charge is 2.22. The van der Waals surface area contributed by atoms with Gasteiger partial charge in [0, 0.05) is 32.0 Å². The van der Waals surface area contributed by atoms with E-state index in [9.17, 15) is 0 Å². The summed E-state index contributed by atoms with van der Waals surface area (Å²) in [5, 5.41) is 11.9. The maximum Gasteiger partial charge on any atom is 0.188 e. The smallest absolute Gasteiger partial charge is 0.188 e. The number of aromatic nitrogens is 3. The summed E-state index contributed by atoms with van der Waals surface area (Å²) >= 11 is 0. The van der Waals surface area contributed by atoms with Crippen LogP contribution in [0.2, 0.25) is 0 Å². The van der Waals surface area contributed by atoms with Gasteiger partial charge in [0.15, 0.2) is 5.96 Å². The van der Waals surface area contributed by atoms with E-state index in [1.807, 2.05) is 0 Å². The molecule has 7 nitrogen and oxygen atoms in total. The van der Waals surface area contributed by atoms with Crippen LogP contribution in [-0.4, -0.2) is 57.8 Å². The van der Waals surface area contributed by atoms with Crippen LogP contribution in [0.1, 0.15) is 50.7 Å². The molecule has 0 aromatic carbocycles. The molecule has 0 saturated carbocycles. The second-order valence-electron chi connectivity index (χ2n) is 6.82. The van der Waals surface area contributed by atoms with E-state index in [1.54, 1.807) is 0 Å². The molecule has 3 rings (SSSR count). The summed E-state index contributed by atoms with van der Waals surface area (Å²) in [6.45, 7) is 7.12. The van der Waals surface area contributed by atoms with Gasteiger partial charge in [-0.1, -0.05) is 13.3 Å². The number of likely N-dealkylation sites (N-methyl/N-ethyl adjacent to an activating group) is 1. The number of halogens is 1. The van der Waals surface area contributed by atoms with Crippen molar-refractivity contribution < 1.29 is 0 Å². The molecule has 1 fully saturated rings. The minimum Gasteiger partial charge on any atom is -0.370 e. The lowest BCUT2D eigenvalue weighted by atomic mass is 10.2. The number of rotatable bonds is 6. The Morgan fingerprint density at radius 3 is 2.96 bits per heavy atom. The summed E-state index contributed by atoms with van der Waals surface area (Å²) in [7, 11) is 0. The molecule has 2 aliphatic rings. The quantitative estimate of drug-likeness (QED) is 0.382. The first-order valence-corrected chi connectivity index (χ1v) is 9.46. The fourth-order valence-electron chi connectivity index (χ4n) is 3.81. The SMILES string of the molecule is CCN1CCCC1CN=C(N)NCCc1nnc2n1CCCCC2.I. The molecule has 0 radical (unpaired) electrons. The number of aliphatic imine (C=N–C) groups is 1. The van der Waals surface area contributed by atoms with Crippen molar-refractivity contribution in [1.82, 2.24) is 25.0 Å². The zero-order valence-corrected chi connectivity index (χ0v) is 17.6. The third kappa shape index (κ3) is 5.54. The van der Waals surface area contributed by atoms with Crippen molar-refractivity contribution in [3.05, 3.63) is 11.6 Å². The lowest BCUT2D eigenvalue weighted by Crippen LogP contribution is -2.36. The van der Waals surface area contributed by atoms with Crippen molar-refractivity contribution in [2.24, 2.45) is 10.7 Å². The van der Waals surface area contributed by atoms with Gasteiger partial charge in [-0.25, -0.2) is 0 Å². The lowest BCUT2D eigenvalue weighted by molar-refractivity contribution is 0.273. The van der Waals surface area contributed by atoms with Crippen molar-refractivity contribution in [3.63, 3.8) is 0 Å². The second kappa shape index (κ2) is 10.3. The van der Waals surface area contributed by atoms with Gasteiger partial charge < -0.3 is 15.6 Å². The van der Waals surface area contributed by atoms with Gasteiger partial charge in [0.05, 0.1) is 6.54 Å². The van der Waals surface area contributed by atoms with Gasteiger partial charge in [0.2, 0.25) is 0 Å². The first kappa shape index (κ1) is 20.4. The molecule has 142 valence electrons. The van der Waals surface area contributed by atoms with E-state index in [0.717, 1.165) is 50.7 Å². The van der Waals surface area contributed by atoms with Crippen LogP contribution >= 0.6 is 24.0 Å². The van der Waals surface area contributed by atoms with Gasteiger partial charge in [0.25, 0.3) is 0 Å². The predicted octanol–water partition coefficient (Wildman–Crippen LogP) is 1.55. The molecule has 0 spiro atoms. The molecule has 25 heavy (non-hydrogen) atoms. The number of likely N-dealkylation sites (tertiary alicyclic amines) is 1. The van der Waals surface area contributed by atoms with Crippen molar-refractivity contribution in [3.8, 4) is 0 Å². The summed E-state index contributed by atoms with van der Waals surface area (Å²) < 4.78 is 2.29. The number of hydrogen-bond donors (Lipinski definition) is 2. The molecule has 0 amide bonds. The monoisotopic (exact) mass is 461 g/mol. The molecular weight excluding hydrogens is 429 g/mol. The molecule has 1 aromatic heterocycles. The average molecular weight is 461 g/mol. The van der Waals surface area contributed by atoms with Crippen LogP contribution in [0.3, 0.4) is 0 Å². The topological polar surface area (TPSA) is 84.4 Å². The summed E-state index contributed by atoms with van der Waals surface area (Å²) in [6, 6.07) is 0.558. The van der Waals surface area contributed by atoms with Crippen LogP contribution in [0.5, 0.6) is 0 Å². The van der Waals surface area contributed by atoms with Crippen LogP contribution in [0, 0.1) is 0 Å². The average Bonchev–Trinajstić information content (AvgIpc) is 3.13. The minimum atomic E-state index is 0. The predicted molar refractivity (Wildman–Crippen MR) is 111 cm³/mol. The van der Waals surface area contributed by atoms with E-state index >= 15 is 0 Å². The Labute approximate surface area is 167 Å². The molecule has 2 aliphatic heterocycles. The van der Waals surface area contributed by atoms with E-state index in [2.05, 4.69) is 36.9 Å². The summed E-state index contributed by atoms with van der Waals surface area (Å²) in [4.78, 5) is 7.01. The van der Waals surface area contributed by atoms with Crippen LogP contribution in [0.4, 0.5) is 0 Å². The molecule has 3 heterocycles. The van der Waals surface area contributed by atoms with Crippen molar-refractivity contribution >= 4 is 29.9 Å². The summed E-state index contributed by atoms with van der Waals surface area (Å²) in [5.74, 6) is 2.76. The maximum atomic E-state index is 6.02. The van der Waals surface area contributed by atoms with E-state index in [4.69, 9.17) is 5.73 Å². The lowest BCUT2D eigenvalue weighted by Gasteiger charge is -2.20. The molecule has 1 saturated heterocycles. The standard InChI is InChI=1S/C17H31N7.HI/c1-2-23-11-6-7-14(23)13-20-17(18)19-10-9-16-22-21-15-8-4-3-5-12-24(15)16;/h14H,2-13H2,1H3,(H3,18,19,20);1H. The van der Waals surface area contributed by atoms with Crippen molar-refractivity contribution in [2.45, 2.75) is 64.5 Å². The van der Waals surface area contributed by atoms with E-state index in [1.165, 1.54) is 38.6 Å². The van der Waals surface area contributed by atoms with E-state index in [0.29, 0.717) is 12.0 Å². The van der Waals surface area contributed by atoms with Crippen molar-refractivity contribution in [2.75, 3.05) is 26.2 Å². The summed E-state index contributed by atoms with van der Waals surface area (Å²) in [5.41, 5.74) is 6.02. The third-order valence-electron chi connectivity index (χ3n) is 5.22. The normalized spacial score (nSPS) is 21.5. The second-order valence-corrected chi connectivity index (χ2v) is 6.82. The largest absolute Gasteiger partial charge is 0.370 e. The molecule has 1 unspecified atom stereocenters. The van der Waals surface area contributed by atoms with Crippen LogP contribution < -0.4 is 11.1 Å². The molecular formula is C17H32IN7. The Bertz CT molecular complexity index is 557. The highest BCUT2D eigenvalue weighted by molar-refractivity contribution is 14.0. The van der Waals surface area contributed by atoms with Gasteiger partial charge in [-0.2, -0.15) is 0 Å². The summed E-state index contributed by atoms with van der Waals surface area (Å²) in [6.07, 6.45) is 8.15. The van der Waals surface area contributed by atoms with Gasteiger partial charge in [-0.05, 0) is 38.8 Å². The zero-order chi connectivity index (χ0) is 16.8. The Kier molecular flexibility index (Phi) is 8.41. The highest BCUT2D eigenvalue weighted by Crippen LogP contribution is 2.16. The number of guanidine groups is 1. The Hall–Kier alpha value is -0.900. The van der Waals surface area contributed by atoms with Gasteiger partial charge in [-0.3, -0.25) is 9.89 Å². The molecule has 8 heteroatoms. The molecule has 1 aromatic rings. The maximum absolute atomic E-state index is 6.02. The van der Waals surface area contributed by atoms with Gasteiger partial charge in [0.1, 0.15) is 11.6 Å². The Morgan fingerprint density at radius 1 is 1.24 bits per heavy atom. The first-order chi connectivity index (χ1) is 11.8. The molecule has 1 atom stereocenters. The highest BCUT2D eigenvalue weighted by atomic mass is 127. The van der Waals surface area contributed by atoms with Gasteiger partial charge >= 0.3 is 0 Å². The minimum absolute atomic E-state index is 0. The van der Waals surface area contributed by atoms with E-state index in [-0.39, 0.29) is 24.0 Å². The fraction of sp³-hybridized carbons (Fsp3) is 0.824. The van der Waals surface area contributed by atoms with Crippen LogP contribution in [0.15, 0.2) is 4.99 Å². The Morgan fingerprint density at radius 2 is 2.12 bits per heavy atom. The fourth-order valence-corrected chi connectivity index (χ4v) is 3.81. The Balaban J connectivity index is 0.00000225. The number of fused-ring (bicyclic) bond motifs is 1. The molecule has 3 N–H and O–H groups in total. The first-order valence-electron chi connectivity index (χ1n) is 9.46. The van der Waals surface area contributed by atoms with Gasteiger partial charge in [-0.15, -0.1) is 34.2 Å². The third-order valence-corrected chi connectivity index (χ3v) is 5.22. The number of nitrogens with one attached hydrogen (secondary N) is 1. The van der Waals surface area contributed by atoms with Crippen molar-refractivity contribution in [1.29, 1.82) is 0 Å². The number of hydrogen-bond acceptors (Lipinski definition) is 4. The van der Waals surface area contributed by atoms with Crippen LogP contribution in [-0.2, 0) is 19.4 Å². The number of nitrogens with two attached hydrogens (primary N) is 1. The molecule has 0 aliphatic carbocycles. The van der Waals surface area contributed by atoms with Crippen LogP contribution in [0.25, 0.3) is 0 Å².